The number of rotatable bonds is 6. The molecule has 28 heavy (non-hydrogen) atoms. The molecule has 140 valence electrons. The molecule has 8 heteroatoms. The van der Waals surface area contributed by atoms with Crippen LogP contribution in [0.3, 0.4) is 0 Å². The molecule has 0 fully saturated rings. The van der Waals surface area contributed by atoms with Gasteiger partial charge >= 0.3 is 0 Å². The lowest BCUT2D eigenvalue weighted by atomic mass is 10.1. The fourth-order valence-corrected chi connectivity index (χ4v) is 2.96. The van der Waals surface area contributed by atoms with Crippen LogP contribution < -0.4 is 5.32 Å². The van der Waals surface area contributed by atoms with Crippen molar-refractivity contribution < 1.29 is 4.79 Å². The summed E-state index contributed by atoms with van der Waals surface area (Å²) in [5.41, 5.74) is 4.44. The van der Waals surface area contributed by atoms with Gasteiger partial charge in [-0.15, -0.1) is 5.10 Å². The van der Waals surface area contributed by atoms with Gasteiger partial charge in [0, 0.05) is 18.3 Å². The Morgan fingerprint density at radius 3 is 2.71 bits per heavy atom. The van der Waals surface area contributed by atoms with Crippen LogP contribution in [-0.2, 0) is 6.42 Å². The molecule has 0 aliphatic heterocycles. The number of carbonyl (C=O) groups excluding carboxylic acids is 1. The fraction of sp³-hybridized carbons (Fsp3) is 0.150. The molecule has 0 bridgehead atoms. The lowest BCUT2D eigenvalue weighted by Gasteiger charge is -2.08. The molecule has 0 spiro atoms. The molecule has 1 N–H and O–H groups in total. The summed E-state index contributed by atoms with van der Waals surface area (Å²) in [5.74, 6) is -0.109. The molecule has 2 aromatic heterocycles. The predicted molar refractivity (Wildman–Crippen MR) is 103 cm³/mol. The molecule has 0 saturated carbocycles. The average molecular weight is 373 g/mol. The Kier molecular flexibility index (Phi) is 4.92. The third-order valence-corrected chi connectivity index (χ3v) is 4.41. The van der Waals surface area contributed by atoms with Gasteiger partial charge in [0.1, 0.15) is 6.33 Å². The molecule has 0 aliphatic carbocycles. The van der Waals surface area contributed by atoms with Crippen LogP contribution in [0, 0.1) is 6.92 Å². The molecular formula is C20H19N7O. The van der Waals surface area contributed by atoms with Crippen LogP contribution in [0.1, 0.15) is 21.5 Å². The number of amides is 1. The van der Waals surface area contributed by atoms with E-state index in [9.17, 15) is 4.79 Å². The minimum Gasteiger partial charge on any atom is -0.352 e. The Hall–Kier alpha value is -3.81. The lowest BCUT2D eigenvalue weighted by molar-refractivity contribution is 0.0954. The van der Waals surface area contributed by atoms with Crippen LogP contribution >= 0.6 is 0 Å². The van der Waals surface area contributed by atoms with Crippen LogP contribution in [0.2, 0.25) is 0 Å². The molecule has 2 heterocycles. The van der Waals surface area contributed by atoms with Crippen LogP contribution in [0.5, 0.6) is 0 Å². The van der Waals surface area contributed by atoms with Crippen molar-refractivity contribution in [3.05, 3.63) is 83.9 Å². The number of hydrogen-bond donors (Lipinski definition) is 1. The van der Waals surface area contributed by atoms with E-state index in [1.54, 1.807) is 10.7 Å². The highest BCUT2D eigenvalue weighted by molar-refractivity contribution is 5.94. The zero-order chi connectivity index (χ0) is 19.3. The molecule has 0 radical (unpaired) electrons. The van der Waals surface area contributed by atoms with E-state index >= 15 is 0 Å². The highest BCUT2D eigenvalue weighted by Crippen LogP contribution is 2.14. The third-order valence-electron chi connectivity index (χ3n) is 4.41. The Labute approximate surface area is 161 Å². The second-order valence-electron chi connectivity index (χ2n) is 6.39. The van der Waals surface area contributed by atoms with Gasteiger partial charge in [-0.2, -0.15) is 5.10 Å². The van der Waals surface area contributed by atoms with Gasteiger partial charge in [-0.3, -0.25) is 4.79 Å². The second-order valence-corrected chi connectivity index (χ2v) is 6.39. The van der Waals surface area contributed by atoms with Gasteiger partial charge in [-0.25, -0.2) is 9.36 Å². The SMILES string of the molecule is Cc1cc(C(=O)NCCc2cnn(-c3ccccc3)c2)ccc1-n1cnnn1. The van der Waals surface area contributed by atoms with Crippen molar-refractivity contribution in [2.45, 2.75) is 13.3 Å². The normalized spacial score (nSPS) is 10.8. The van der Waals surface area contributed by atoms with E-state index in [-0.39, 0.29) is 5.91 Å². The minimum absolute atomic E-state index is 0.109. The summed E-state index contributed by atoms with van der Waals surface area (Å²) >= 11 is 0. The van der Waals surface area contributed by atoms with Gasteiger partial charge in [0.25, 0.3) is 5.91 Å². The molecular weight excluding hydrogens is 354 g/mol. The molecule has 0 atom stereocenters. The first kappa shape index (κ1) is 17.6. The summed E-state index contributed by atoms with van der Waals surface area (Å²) in [6.07, 6.45) is 6.04. The fourth-order valence-electron chi connectivity index (χ4n) is 2.96. The first-order valence-electron chi connectivity index (χ1n) is 8.92. The van der Waals surface area contributed by atoms with Gasteiger partial charge < -0.3 is 5.32 Å². The topological polar surface area (TPSA) is 90.5 Å². The molecule has 8 nitrogen and oxygen atoms in total. The van der Waals surface area contributed by atoms with Gasteiger partial charge in [-0.1, -0.05) is 18.2 Å². The van der Waals surface area contributed by atoms with Crippen LogP contribution in [0.15, 0.2) is 67.3 Å². The number of para-hydroxylation sites is 1. The molecule has 4 rings (SSSR count). The zero-order valence-corrected chi connectivity index (χ0v) is 15.4. The van der Waals surface area contributed by atoms with Crippen molar-refractivity contribution in [1.29, 1.82) is 0 Å². The Bertz CT molecular complexity index is 1070. The molecule has 0 aliphatic rings. The van der Waals surface area contributed by atoms with Gasteiger partial charge in [0.05, 0.1) is 17.6 Å². The number of nitrogens with zero attached hydrogens (tertiary/aromatic N) is 6. The number of nitrogens with one attached hydrogen (secondary N) is 1. The maximum atomic E-state index is 12.4. The van der Waals surface area contributed by atoms with Gasteiger partial charge in [-0.05, 0) is 65.2 Å². The van der Waals surface area contributed by atoms with Crippen molar-refractivity contribution in [2.24, 2.45) is 0 Å². The Morgan fingerprint density at radius 2 is 1.96 bits per heavy atom. The standard InChI is InChI=1S/C20H19N7O/c1-15-11-17(7-8-19(15)27-14-22-24-25-27)20(28)21-10-9-16-12-23-26(13-16)18-5-3-2-4-6-18/h2-8,11-14H,9-10H2,1H3,(H,21,28). The first-order valence-corrected chi connectivity index (χ1v) is 8.92. The van der Waals surface area contributed by atoms with E-state index in [1.807, 2.05) is 66.5 Å². The predicted octanol–water partition coefficient (Wildman–Crippen LogP) is 2.13. The van der Waals surface area contributed by atoms with Crippen molar-refractivity contribution in [3.63, 3.8) is 0 Å². The molecule has 4 aromatic rings. The summed E-state index contributed by atoms with van der Waals surface area (Å²) in [6, 6.07) is 15.4. The number of aryl methyl sites for hydroxylation is 1. The first-order chi connectivity index (χ1) is 13.7. The Balaban J connectivity index is 1.35. The summed E-state index contributed by atoms with van der Waals surface area (Å²) in [7, 11) is 0. The third kappa shape index (κ3) is 3.80. The lowest BCUT2D eigenvalue weighted by Crippen LogP contribution is -2.25. The largest absolute Gasteiger partial charge is 0.352 e. The molecule has 0 saturated heterocycles. The maximum Gasteiger partial charge on any atom is 0.251 e. The highest BCUT2D eigenvalue weighted by Gasteiger charge is 2.09. The van der Waals surface area contributed by atoms with E-state index < -0.39 is 0 Å². The molecule has 2 aromatic carbocycles. The number of tetrazole rings is 1. The van der Waals surface area contributed by atoms with E-state index in [2.05, 4.69) is 25.9 Å². The average Bonchev–Trinajstić information content (AvgIpc) is 3.41. The van der Waals surface area contributed by atoms with E-state index in [0.717, 1.165) is 22.5 Å². The summed E-state index contributed by atoms with van der Waals surface area (Å²) in [5, 5.41) is 18.5. The van der Waals surface area contributed by atoms with Crippen LogP contribution in [0.4, 0.5) is 0 Å². The van der Waals surface area contributed by atoms with E-state index in [1.165, 1.54) is 6.33 Å². The number of benzene rings is 2. The number of carbonyl (C=O) groups is 1. The summed E-state index contributed by atoms with van der Waals surface area (Å²) < 4.78 is 3.40. The Morgan fingerprint density at radius 1 is 1.11 bits per heavy atom. The zero-order valence-electron chi connectivity index (χ0n) is 15.4. The van der Waals surface area contributed by atoms with E-state index in [0.29, 0.717) is 18.5 Å². The maximum absolute atomic E-state index is 12.4. The number of hydrogen-bond acceptors (Lipinski definition) is 5. The monoisotopic (exact) mass is 373 g/mol. The van der Waals surface area contributed by atoms with Crippen molar-refractivity contribution in [1.82, 2.24) is 35.3 Å². The molecule has 0 unspecified atom stereocenters. The molecule has 1 amide bonds. The van der Waals surface area contributed by atoms with Crippen molar-refractivity contribution in [3.8, 4) is 11.4 Å². The van der Waals surface area contributed by atoms with Gasteiger partial charge in [0.2, 0.25) is 0 Å². The van der Waals surface area contributed by atoms with E-state index in [4.69, 9.17) is 0 Å². The highest BCUT2D eigenvalue weighted by atomic mass is 16.1. The quantitative estimate of drug-likeness (QED) is 0.559. The smallest absolute Gasteiger partial charge is 0.251 e. The van der Waals surface area contributed by atoms with Crippen LogP contribution in [-0.4, -0.2) is 42.4 Å². The number of aromatic nitrogens is 6. The summed E-state index contributed by atoms with van der Waals surface area (Å²) in [6.45, 7) is 2.46. The van der Waals surface area contributed by atoms with Crippen molar-refractivity contribution >= 4 is 5.91 Å². The minimum atomic E-state index is -0.109. The van der Waals surface area contributed by atoms with Crippen LogP contribution in [0.25, 0.3) is 11.4 Å². The second kappa shape index (κ2) is 7.83. The van der Waals surface area contributed by atoms with Gasteiger partial charge in [0.15, 0.2) is 0 Å². The summed E-state index contributed by atoms with van der Waals surface area (Å²) in [4.78, 5) is 12.4. The van der Waals surface area contributed by atoms with Crippen molar-refractivity contribution in [2.75, 3.05) is 6.54 Å².